The van der Waals surface area contributed by atoms with Crippen LogP contribution in [0.25, 0.3) is 0 Å². The molecule has 0 spiro atoms. The Morgan fingerprint density at radius 3 is 2.71 bits per heavy atom. The van der Waals surface area contributed by atoms with Gasteiger partial charge in [-0.2, -0.15) is 4.31 Å². The van der Waals surface area contributed by atoms with E-state index in [2.05, 4.69) is 15.5 Å². The van der Waals surface area contributed by atoms with Crippen LogP contribution in [0.2, 0.25) is 5.02 Å². The highest BCUT2D eigenvalue weighted by atomic mass is 35.5. The van der Waals surface area contributed by atoms with Gasteiger partial charge in [0.1, 0.15) is 5.01 Å². The van der Waals surface area contributed by atoms with Gasteiger partial charge in [-0.15, -0.1) is 10.2 Å². The Labute approximate surface area is 190 Å². The number of nitrogens with one attached hydrogen (secondary N) is 1. The molecule has 0 radical (unpaired) electrons. The van der Waals surface area contributed by atoms with E-state index in [0.29, 0.717) is 28.7 Å². The molecule has 1 amide bonds. The molecule has 1 atom stereocenters. The van der Waals surface area contributed by atoms with Crippen molar-refractivity contribution < 1.29 is 13.2 Å². The highest BCUT2D eigenvalue weighted by Gasteiger charge is 2.38. The number of carbonyl (C=O) groups is 1. The lowest BCUT2D eigenvalue weighted by Crippen LogP contribution is -2.30. The number of hydrogen-bond acceptors (Lipinski definition) is 6. The Kier molecular flexibility index (Phi) is 6.11. The molecule has 7 nitrogen and oxygen atoms in total. The summed E-state index contributed by atoms with van der Waals surface area (Å²) in [6, 6.07) is 11.5. The zero-order valence-corrected chi connectivity index (χ0v) is 19.4. The average Bonchev–Trinajstić information content (AvgIpc) is 3.39. The zero-order chi connectivity index (χ0) is 22.2. The predicted molar refractivity (Wildman–Crippen MR) is 121 cm³/mol. The van der Waals surface area contributed by atoms with E-state index in [1.54, 1.807) is 36.4 Å². The maximum Gasteiger partial charge on any atom is 0.286 e. The third-order valence-corrected chi connectivity index (χ3v) is 8.45. The van der Waals surface area contributed by atoms with E-state index < -0.39 is 22.0 Å². The summed E-state index contributed by atoms with van der Waals surface area (Å²) in [6.07, 6.45) is 1.35. The number of benzene rings is 2. The molecule has 3 aromatic rings. The Morgan fingerprint density at radius 1 is 1.16 bits per heavy atom. The third-order valence-electron chi connectivity index (χ3n) is 5.29. The monoisotopic (exact) mass is 476 g/mol. The van der Waals surface area contributed by atoms with Crippen molar-refractivity contribution in [1.82, 2.24) is 14.5 Å². The minimum Gasteiger partial charge on any atom is -0.320 e. The first-order valence-electron chi connectivity index (χ1n) is 9.75. The molecule has 0 bridgehead atoms. The summed E-state index contributed by atoms with van der Waals surface area (Å²) in [6.45, 7) is 4.25. The van der Waals surface area contributed by atoms with E-state index >= 15 is 0 Å². The second-order valence-corrected chi connectivity index (χ2v) is 10.8. The lowest BCUT2D eigenvalue weighted by Gasteiger charge is -2.22. The minimum absolute atomic E-state index is 0.172. The highest BCUT2D eigenvalue weighted by molar-refractivity contribution is 7.89. The Morgan fingerprint density at radius 2 is 1.97 bits per heavy atom. The van der Waals surface area contributed by atoms with Crippen LogP contribution in [0.5, 0.6) is 0 Å². The maximum absolute atomic E-state index is 13.3. The number of nitrogens with zero attached hydrogens (tertiary/aromatic N) is 3. The molecular formula is C21H21ClN4O3S2. The van der Waals surface area contributed by atoms with Crippen molar-refractivity contribution in [1.29, 1.82) is 0 Å². The number of carbonyl (C=O) groups excluding carboxylic acids is 1. The van der Waals surface area contributed by atoms with Crippen molar-refractivity contribution in [2.45, 2.75) is 37.6 Å². The number of aromatic nitrogens is 2. The zero-order valence-electron chi connectivity index (χ0n) is 17.0. The normalized spacial score (nSPS) is 17.1. The fourth-order valence-corrected chi connectivity index (χ4v) is 6.39. The summed E-state index contributed by atoms with van der Waals surface area (Å²) in [7, 11) is -3.68. The predicted octanol–water partition coefficient (Wildman–Crippen LogP) is 4.59. The fourth-order valence-electron chi connectivity index (χ4n) is 3.50. The Balaban J connectivity index is 1.56. The standard InChI is InChI=1S/C21H21ClN4O3S2/c1-13-8-9-17(11-14(13)2)31(28,29)26-10-4-7-18(26)20-24-25-21(30-20)19(27)23-16-6-3-5-15(22)12-16/h3,5-6,8-9,11-12,18H,4,7,10H2,1-2H3,(H,23,27)/t18-/m1/s1. The molecule has 2 aromatic carbocycles. The number of anilines is 1. The van der Waals surface area contributed by atoms with Gasteiger partial charge in [0.2, 0.25) is 15.0 Å². The summed E-state index contributed by atoms with van der Waals surface area (Å²) in [5.41, 5.74) is 2.51. The molecule has 1 aliphatic rings. The van der Waals surface area contributed by atoms with E-state index in [9.17, 15) is 13.2 Å². The van der Waals surface area contributed by atoms with Crippen molar-refractivity contribution in [3.8, 4) is 0 Å². The van der Waals surface area contributed by atoms with E-state index in [4.69, 9.17) is 11.6 Å². The molecule has 1 aromatic heterocycles. The molecule has 4 rings (SSSR count). The number of rotatable bonds is 5. The van der Waals surface area contributed by atoms with Gasteiger partial charge in [-0.05, 0) is 68.1 Å². The molecule has 0 saturated carbocycles. The SMILES string of the molecule is Cc1ccc(S(=O)(=O)N2CCC[C@@H]2c2nnc(C(=O)Nc3cccc(Cl)c3)s2)cc1C. The van der Waals surface area contributed by atoms with E-state index in [1.807, 2.05) is 19.9 Å². The third kappa shape index (κ3) is 4.50. The van der Waals surface area contributed by atoms with Gasteiger partial charge >= 0.3 is 0 Å². The van der Waals surface area contributed by atoms with Crippen molar-refractivity contribution >= 4 is 44.6 Å². The summed E-state index contributed by atoms with van der Waals surface area (Å²) < 4.78 is 28.0. The van der Waals surface area contributed by atoms with Gasteiger partial charge in [0.25, 0.3) is 5.91 Å². The smallest absolute Gasteiger partial charge is 0.286 e. The Bertz CT molecular complexity index is 1240. The minimum atomic E-state index is -3.68. The second-order valence-electron chi connectivity index (χ2n) is 7.43. The van der Waals surface area contributed by atoms with Crippen LogP contribution in [0.4, 0.5) is 5.69 Å². The van der Waals surface area contributed by atoms with Gasteiger partial charge in [0.15, 0.2) is 0 Å². The van der Waals surface area contributed by atoms with Gasteiger partial charge in [0, 0.05) is 17.3 Å². The summed E-state index contributed by atoms with van der Waals surface area (Å²) in [4.78, 5) is 12.8. The van der Waals surface area contributed by atoms with E-state index in [-0.39, 0.29) is 9.90 Å². The lowest BCUT2D eigenvalue weighted by molar-refractivity contribution is 0.102. The van der Waals surface area contributed by atoms with Crippen LogP contribution in [0.3, 0.4) is 0 Å². The maximum atomic E-state index is 13.3. The van der Waals surface area contributed by atoms with Crippen LogP contribution in [0, 0.1) is 13.8 Å². The average molecular weight is 477 g/mol. The molecule has 1 fully saturated rings. The van der Waals surface area contributed by atoms with Crippen LogP contribution in [-0.2, 0) is 10.0 Å². The molecule has 1 aliphatic heterocycles. The van der Waals surface area contributed by atoms with Crippen molar-refractivity contribution in [3.05, 3.63) is 68.6 Å². The van der Waals surface area contributed by atoms with Crippen LogP contribution in [0.1, 0.15) is 44.8 Å². The van der Waals surface area contributed by atoms with Crippen molar-refractivity contribution in [3.63, 3.8) is 0 Å². The summed E-state index contributed by atoms with van der Waals surface area (Å²) >= 11 is 7.06. The van der Waals surface area contributed by atoms with Gasteiger partial charge in [-0.1, -0.05) is 35.1 Å². The van der Waals surface area contributed by atoms with Crippen molar-refractivity contribution in [2.75, 3.05) is 11.9 Å². The first-order chi connectivity index (χ1) is 14.8. The van der Waals surface area contributed by atoms with Crippen LogP contribution >= 0.6 is 22.9 Å². The molecular weight excluding hydrogens is 456 g/mol. The molecule has 1 saturated heterocycles. The van der Waals surface area contributed by atoms with E-state index in [0.717, 1.165) is 28.9 Å². The van der Waals surface area contributed by atoms with Crippen molar-refractivity contribution in [2.24, 2.45) is 0 Å². The van der Waals surface area contributed by atoms with Crippen LogP contribution in [0.15, 0.2) is 47.4 Å². The first-order valence-corrected chi connectivity index (χ1v) is 12.4. The van der Waals surface area contributed by atoms with E-state index in [1.165, 1.54) is 4.31 Å². The highest BCUT2D eigenvalue weighted by Crippen LogP contribution is 2.38. The fraction of sp³-hybridized carbons (Fsp3) is 0.286. The second kappa shape index (κ2) is 8.66. The summed E-state index contributed by atoms with van der Waals surface area (Å²) in [5.74, 6) is -0.410. The molecule has 1 N–H and O–H groups in total. The number of sulfonamides is 1. The number of hydrogen-bond donors (Lipinski definition) is 1. The molecule has 0 aliphatic carbocycles. The molecule has 0 unspecified atom stereocenters. The molecule has 10 heteroatoms. The van der Waals surface area contributed by atoms with Gasteiger partial charge in [-0.25, -0.2) is 8.42 Å². The molecule has 162 valence electrons. The van der Waals surface area contributed by atoms with Crippen LogP contribution < -0.4 is 5.32 Å². The molecule has 31 heavy (non-hydrogen) atoms. The largest absolute Gasteiger partial charge is 0.320 e. The Hall–Kier alpha value is -2.33. The quantitative estimate of drug-likeness (QED) is 0.581. The van der Waals surface area contributed by atoms with Gasteiger partial charge in [0.05, 0.1) is 10.9 Å². The first kappa shape index (κ1) is 21.9. The van der Waals surface area contributed by atoms with Gasteiger partial charge in [-0.3, -0.25) is 4.79 Å². The number of amides is 1. The summed E-state index contributed by atoms with van der Waals surface area (Å²) in [5, 5.41) is 12.1. The number of halogens is 1. The number of aryl methyl sites for hydroxylation is 2. The van der Waals surface area contributed by atoms with Crippen LogP contribution in [-0.4, -0.2) is 35.4 Å². The topological polar surface area (TPSA) is 92.3 Å². The lowest BCUT2D eigenvalue weighted by atomic mass is 10.1. The molecule has 2 heterocycles. The van der Waals surface area contributed by atoms with Gasteiger partial charge < -0.3 is 5.32 Å².